The van der Waals surface area contributed by atoms with Gasteiger partial charge in [0, 0.05) is 12.6 Å². The normalized spacial score (nSPS) is 13.0. The molecule has 0 fully saturated rings. The van der Waals surface area contributed by atoms with E-state index in [2.05, 4.69) is 4.72 Å². The predicted octanol–water partition coefficient (Wildman–Crippen LogP) is 1.85. The van der Waals surface area contributed by atoms with Gasteiger partial charge in [0.25, 0.3) is 0 Å². The topological polar surface area (TPSA) is 66.4 Å². The molecule has 4 nitrogen and oxygen atoms in total. The highest BCUT2D eigenvalue weighted by Crippen LogP contribution is 2.15. The Balaban J connectivity index is 2.00. The maximum Gasteiger partial charge on any atom is 0.243 e. The summed E-state index contributed by atoms with van der Waals surface area (Å²) in [5.41, 5.74) is 0.849. The minimum atomic E-state index is -4.15. The molecule has 7 heteroatoms. The first-order valence-corrected chi connectivity index (χ1v) is 8.03. The fourth-order valence-corrected chi connectivity index (χ4v) is 3.07. The second kappa shape index (κ2) is 6.95. The summed E-state index contributed by atoms with van der Waals surface area (Å²) in [6.07, 6.45) is -0.699. The van der Waals surface area contributed by atoms with Crippen LogP contribution in [-0.4, -0.2) is 26.2 Å². The first-order valence-electron chi connectivity index (χ1n) is 6.55. The molecule has 2 aromatic rings. The molecule has 0 bridgehead atoms. The molecule has 118 valence electrons. The molecule has 1 atom stereocenters. The number of benzene rings is 2. The Labute approximate surface area is 127 Å². The average Bonchev–Trinajstić information content (AvgIpc) is 2.46. The molecule has 2 N–H and O–H groups in total. The van der Waals surface area contributed by atoms with Crippen LogP contribution in [0.2, 0.25) is 0 Å². The van der Waals surface area contributed by atoms with Crippen molar-refractivity contribution >= 4 is 10.0 Å². The minimum Gasteiger partial charge on any atom is -0.391 e. The van der Waals surface area contributed by atoms with Crippen LogP contribution in [0.1, 0.15) is 5.56 Å². The molecule has 0 unspecified atom stereocenters. The van der Waals surface area contributed by atoms with Crippen molar-refractivity contribution in [3.63, 3.8) is 0 Å². The zero-order valence-electron chi connectivity index (χ0n) is 11.5. The van der Waals surface area contributed by atoms with Gasteiger partial charge in [-0.05, 0) is 24.1 Å². The van der Waals surface area contributed by atoms with E-state index >= 15 is 0 Å². The van der Waals surface area contributed by atoms with Gasteiger partial charge in [0.2, 0.25) is 10.0 Å². The summed E-state index contributed by atoms with van der Waals surface area (Å²) in [6, 6.07) is 11.2. The van der Waals surface area contributed by atoms with Gasteiger partial charge >= 0.3 is 0 Å². The van der Waals surface area contributed by atoms with Crippen LogP contribution in [0.25, 0.3) is 0 Å². The van der Waals surface area contributed by atoms with Crippen LogP contribution in [-0.2, 0) is 16.4 Å². The Morgan fingerprint density at radius 1 is 1.09 bits per heavy atom. The SMILES string of the molecule is O=S(=O)(NC[C@@H](O)Cc1ccccc1)c1ccc(F)cc1F. The van der Waals surface area contributed by atoms with E-state index in [0.29, 0.717) is 6.07 Å². The van der Waals surface area contributed by atoms with Crippen LogP contribution >= 0.6 is 0 Å². The first-order chi connectivity index (χ1) is 10.4. The molecule has 0 spiro atoms. The molecular weight excluding hydrogens is 312 g/mol. The highest BCUT2D eigenvalue weighted by Gasteiger charge is 2.20. The summed E-state index contributed by atoms with van der Waals surface area (Å²) in [5, 5.41) is 9.85. The number of halogens is 2. The molecule has 0 aliphatic rings. The van der Waals surface area contributed by atoms with E-state index in [1.807, 2.05) is 6.07 Å². The van der Waals surface area contributed by atoms with Gasteiger partial charge in [0.05, 0.1) is 6.10 Å². The van der Waals surface area contributed by atoms with Gasteiger partial charge in [-0.1, -0.05) is 30.3 Å². The lowest BCUT2D eigenvalue weighted by molar-refractivity contribution is 0.179. The van der Waals surface area contributed by atoms with Gasteiger partial charge < -0.3 is 5.11 Å². The molecular formula is C15H15F2NO3S. The molecule has 0 radical (unpaired) electrons. The monoisotopic (exact) mass is 327 g/mol. The van der Waals surface area contributed by atoms with Crippen LogP contribution in [0.4, 0.5) is 8.78 Å². The predicted molar refractivity (Wildman–Crippen MR) is 77.7 cm³/mol. The Kier molecular flexibility index (Phi) is 5.23. The van der Waals surface area contributed by atoms with Gasteiger partial charge in [-0.2, -0.15) is 0 Å². The number of aliphatic hydroxyl groups is 1. The third-order valence-electron chi connectivity index (χ3n) is 3.01. The lowest BCUT2D eigenvalue weighted by atomic mass is 10.1. The number of nitrogens with one attached hydrogen (secondary N) is 1. The van der Waals surface area contributed by atoms with Crippen molar-refractivity contribution in [3.8, 4) is 0 Å². The van der Waals surface area contributed by atoms with Crippen molar-refractivity contribution in [1.29, 1.82) is 0 Å². The zero-order valence-corrected chi connectivity index (χ0v) is 12.4. The summed E-state index contributed by atoms with van der Waals surface area (Å²) >= 11 is 0. The van der Waals surface area contributed by atoms with E-state index in [1.165, 1.54) is 0 Å². The summed E-state index contributed by atoms with van der Waals surface area (Å²) in [4.78, 5) is -0.652. The van der Waals surface area contributed by atoms with Crippen molar-refractivity contribution in [1.82, 2.24) is 4.72 Å². The van der Waals surface area contributed by atoms with Gasteiger partial charge in [-0.25, -0.2) is 21.9 Å². The minimum absolute atomic E-state index is 0.259. The molecule has 0 aromatic heterocycles. The van der Waals surface area contributed by atoms with Crippen LogP contribution < -0.4 is 4.72 Å². The summed E-state index contributed by atoms with van der Waals surface area (Å²) in [5.74, 6) is -2.04. The van der Waals surface area contributed by atoms with E-state index < -0.39 is 32.7 Å². The Bertz CT molecular complexity index is 736. The van der Waals surface area contributed by atoms with Crippen LogP contribution in [0.5, 0.6) is 0 Å². The maximum atomic E-state index is 13.5. The Morgan fingerprint density at radius 3 is 2.41 bits per heavy atom. The van der Waals surface area contributed by atoms with Gasteiger partial charge in [0.1, 0.15) is 16.5 Å². The van der Waals surface area contributed by atoms with E-state index in [-0.39, 0.29) is 13.0 Å². The molecule has 2 rings (SSSR count). The van der Waals surface area contributed by atoms with E-state index in [0.717, 1.165) is 17.7 Å². The number of sulfonamides is 1. The third-order valence-corrected chi connectivity index (χ3v) is 4.46. The molecule has 0 amide bonds. The third kappa shape index (κ3) is 4.33. The maximum absolute atomic E-state index is 13.5. The second-order valence-electron chi connectivity index (χ2n) is 4.77. The fraction of sp³-hybridized carbons (Fsp3) is 0.200. The highest BCUT2D eigenvalue weighted by atomic mass is 32.2. The van der Waals surface area contributed by atoms with Gasteiger partial charge in [-0.3, -0.25) is 0 Å². The molecule has 0 saturated heterocycles. The van der Waals surface area contributed by atoms with Crippen LogP contribution in [0, 0.1) is 11.6 Å². The number of hydrogen-bond acceptors (Lipinski definition) is 3. The van der Waals surface area contributed by atoms with Crippen molar-refractivity contribution in [3.05, 3.63) is 65.7 Å². The van der Waals surface area contributed by atoms with Crippen molar-refractivity contribution in [2.75, 3.05) is 6.54 Å². The van der Waals surface area contributed by atoms with Crippen LogP contribution in [0.15, 0.2) is 53.4 Å². The van der Waals surface area contributed by atoms with Crippen molar-refractivity contribution in [2.24, 2.45) is 0 Å². The average molecular weight is 327 g/mol. The summed E-state index contributed by atoms with van der Waals surface area (Å²) in [6.45, 7) is -0.270. The molecule has 2 aromatic carbocycles. The van der Waals surface area contributed by atoms with Crippen molar-refractivity contribution < 1.29 is 22.3 Å². The Morgan fingerprint density at radius 2 is 1.77 bits per heavy atom. The largest absolute Gasteiger partial charge is 0.391 e. The summed E-state index contributed by atoms with van der Waals surface area (Å²) in [7, 11) is -4.15. The van der Waals surface area contributed by atoms with Crippen molar-refractivity contribution in [2.45, 2.75) is 17.4 Å². The number of aliphatic hydroxyl groups excluding tert-OH is 1. The highest BCUT2D eigenvalue weighted by molar-refractivity contribution is 7.89. The van der Waals surface area contributed by atoms with Gasteiger partial charge in [0.15, 0.2) is 0 Å². The lowest BCUT2D eigenvalue weighted by Gasteiger charge is -2.13. The summed E-state index contributed by atoms with van der Waals surface area (Å²) < 4.78 is 52.3. The number of rotatable bonds is 6. The number of hydrogen-bond donors (Lipinski definition) is 2. The molecule has 0 aliphatic heterocycles. The standard InChI is InChI=1S/C15H15F2NO3S/c16-12-6-7-15(14(17)9-12)22(20,21)18-10-13(19)8-11-4-2-1-3-5-11/h1-7,9,13,18-19H,8,10H2/t13-/m0/s1. The second-order valence-corrected chi connectivity index (χ2v) is 6.51. The fourth-order valence-electron chi connectivity index (χ4n) is 1.94. The smallest absolute Gasteiger partial charge is 0.243 e. The molecule has 0 saturated carbocycles. The Hall–Kier alpha value is -1.83. The van der Waals surface area contributed by atoms with E-state index in [4.69, 9.17) is 0 Å². The molecule has 22 heavy (non-hydrogen) atoms. The lowest BCUT2D eigenvalue weighted by Crippen LogP contribution is -2.33. The van der Waals surface area contributed by atoms with Gasteiger partial charge in [-0.15, -0.1) is 0 Å². The quantitative estimate of drug-likeness (QED) is 0.851. The first kappa shape index (κ1) is 16.5. The zero-order chi connectivity index (χ0) is 16.2. The van der Waals surface area contributed by atoms with E-state index in [9.17, 15) is 22.3 Å². The van der Waals surface area contributed by atoms with E-state index in [1.54, 1.807) is 24.3 Å². The molecule has 0 heterocycles. The van der Waals surface area contributed by atoms with Crippen LogP contribution in [0.3, 0.4) is 0 Å². The molecule has 0 aliphatic carbocycles.